The number of likely N-dealkylation sites (N-methyl/N-ethyl adjacent to an activating group) is 1. The number of ether oxygens (including phenoxy) is 4. The number of rotatable bonds is 22. The topological polar surface area (TPSA) is 178 Å². The van der Waals surface area contributed by atoms with E-state index in [1.807, 2.05) is 60.7 Å². The van der Waals surface area contributed by atoms with Gasteiger partial charge in [0.15, 0.2) is 6.04 Å². The Morgan fingerprint density at radius 3 is 1.51 bits per heavy atom. The van der Waals surface area contributed by atoms with Crippen LogP contribution in [0.2, 0.25) is 0 Å². The third-order valence-corrected chi connectivity index (χ3v) is 16.0. The SMILES string of the molecule is CCOC(=O)[C@@H](N=C(c1ccccc1)c1ccccc1)[C@@H](C[C@](CO[C@H](C)c1cc(C(F)(F)F)cc(C(F)(F)F)c1)(NC(=O)OCc1ccccc1)c1ccccc1)NC.C[C@@H](OC[C@@]1(c2ccccc2)C[C@H]2NC(=O)NC2C(=O)N1)c1cc(C(F)(F)F)cc(C(F)(F)F)c1. The molecule has 2 heterocycles. The van der Waals surface area contributed by atoms with E-state index in [4.69, 9.17) is 23.9 Å². The lowest BCUT2D eigenvalue weighted by molar-refractivity contribution is -0.146. The number of halogens is 12. The number of carbonyl (C=O) groups is 4. The molecular weight excluding hydrogens is 1270 g/mol. The fraction of sp³-hybridized carbons (Fsp3) is 0.319. The maximum absolute atomic E-state index is 14.0. The molecule has 8 atom stereocenters. The lowest BCUT2D eigenvalue weighted by Crippen LogP contribution is -2.64. The van der Waals surface area contributed by atoms with Gasteiger partial charge < -0.3 is 45.5 Å². The first kappa shape index (κ1) is 71.6. The van der Waals surface area contributed by atoms with E-state index >= 15 is 0 Å². The molecule has 0 aromatic heterocycles. The van der Waals surface area contributed by atoms with Crippen LogP contribution in [0.15, 0.2) is 193 Å². The lowest BCUT2D eigenvalue weighted by atomic mass is 9.79. The summed E-state index contributed by atoms with van der Waals surface area (Å²) < 4.78 is 186. The average Bonchev–Trinajstić information content (AvgIpc) is 1.74. The molecule has 7 aromatic carbocycles. The summed E-state index contributed by atoms with van der Waals surface area (Å²) >= 11 is 0. The maximum atomic E-state index is 14.0. The molecule has 2 aliphatic heterocycles. The second-order valence-corrected chi connectivity index (χ2v) is 22.6. The molecular formula is C69H66F12N6O8. The van der Waals surface area contributed by atoms with Crippen LogP contribution < -0.4 is 26.6 Å². The number of fused-ring (bicyclic) bond motifs is 1. The molecule has 26 heteroatoms. The summed E-state index contributed by atoms with van der Waals surface area (Å²) in [5.74, 6) is -1.19. The number of piperidine rings is 1. The third-order valence-electron chi connectivity index (χ3n) is 16.0. The second-order valence-electron chi connectivity index (χ2n) is 22.6. The molecule has 7 aromatic rings. The number of esters is 1. The molecule has 1 unspecified atom stereocenters. The van der Waals surface area contributed by atoms with Crippen molar-refractivity contribution in [3.05, 3.63) is 249 Å². The van der Waals surface area contributed by atoms with E-state index in [-0.39, 0.29) is 50.4 Å². The number of hydrogen-bond donors (Lipinski definition) is 5. The van der Waals surface area contributed by atoms with E-state index in [0.29, 0.717) is 57.8 Å². The first-order valence-corrected chi connectivity index (χ1v) is 29.8. The van der Waals surface area contributed by atoms with Gasteiger partial charge in [-0.05, 0) is 105 Å². The Kier molecular flexibility index (Phi) is 22.9. The van der Waals surface area contributed by atoms with Crippen LogP contribution in [0.25, 0.3) is 0 Å². The summed E-state index contributed by atoms with van der Waals surface area (Å²) in [5.41, 5.74) is -5.88. The van der Waals surface area contributed by atoms with Crippen LogP contribution in [0.3, 0.4) is 0 Å². The van der Waals surface area contributed by atoms with Crippen LogP contribution in [0, 0.1) is 0 Å². The number of urea groups is 1. The Bertz CT molecular complexity index is 3650. The Morgan fingerprint density at radius 2 is 1.04 bits per heavy atom. The molecule has 0 bridgehead atoms. The van der Waals surface area contributed by atoms with Crippen molar-refractivity contribution in [1.82, 2.24) is 26.6 Å². The Labute approximate surface area is 538 Å². The largest absolute Gasteiger partial charge is 0.464 e. The molecule has 5 N–H and O–H groups in total. The standard InChI is InChI=1S/C46H45F6N3O5.C23H21F6N3O3/c1-4-58-42(56)41(54-40(33-19-11-6-12-20-33)34-21-13-7-14-22-34)39(53-3)28-44(36-23-15-8-16-24-36,55-43(57)59-29-32-17-9-5-10-18-32)30-60-31(2)35-25-37(45(47,48)49)27-38(26-35)46(50,51)52;1-12(13-7-15(22(24,25)26)9-16(8-13)23(27,28)29)35-11-21(14-5-3-2-4-6-14)10-17-18(19(33)32-21)31-20(34)30-17/h5-27,31,39,41,53H,4,28-30H2,1-3H3,(H,55,57);2-9,12,17-18H,10-11H2,1H3,(H,32,33)(H2,30,31,34)/t31-,39-,41+,44-;12-,17-,18?,21-/m11/s1. The molecule has 504 valence electrons. The van der Waals surface area contributed by atoms with Gasteiger partial charge in [0.25, 0.3) is 0 Å². The van der Waals surface area contributed by atoms with Crippen LogP contribution in [0.1, 0.15) is 107 Å². The number of alkyl halides is 12. The van der Waals surface area contributed by atoms with Crippen LogP contribution >= 0.6 is 0 Å². The van der Waals surface area contributed by atoms with Crippen molar-refractivity contribution in [2.24, 2.45) is 4.99 Å². The van der Waals surface area contributed by atoms with Gasteiger partial charge in [-0.1, -0.05) is 152 Å². The highest BCUT2D eigenvalue weighted by Gasteiger charge is 2.51. The number of nitrogens with one attached hydrogen (secondary N) is 5. The zero-order valence-corrected chi connectivity index (χ0v) is 51.4. The smallest absolute Gasteiger partial charge is 0.416 e. The first-order chi connectivity index (χ1) is 44.9. The molecule has 0 radical (unpaired) electrons. The van der Waals surface area contributed by atoms with Crippen molar-refractivity contribution < 1.29 is 90.8 Å². The summed E-state index contributed by atoms with van der Waals surface area (Å²) in [7, 11) is 1.59. The van der Waals surface area contributed by atoms with Crippen molar-refractivity contribution in [3.63, 3.8) is 0 Å². The fourth-order valence-electron chi connectivity index (χ4n) is 11.0. The summed E-state index contributed by atoms with van der Waals surface area (Å²) in [6.45, 7) is 3.39. The van der Waals surface area contributed by atoms with Crippen molar-refractivity contribution in [2.45, 2.75) is 112 Å². The number of alkyl carbamates (subject to hydrolysis) is 1. The minimum Gasteiger partial charge on any atom is -0.464 e. The van der Waals surface area contributed by atoms with Gasteiger partial charge in [-0.15, -0.1) is 0 Å². The molecule has 2 fully saturated rings. The highest BCUT2D eigenvalue weighted by atomic mass is 19.4. The van der Waals surface area contributed by atoms with E-state index < -0.39 is 131 Å². The first-order valence-electron chi connectivity index (χ1n) is 29.8. The highest BCUT2D eigenvalue weighted by Crippen LogP contribution is 2.42. The number of benzene rings is 7. The second kappa shape index (κ2) is 30.4. The molecule has 4 amide bonds. The summed E-state index contributed by atoms with van der Waals surface area (Å²) in [6.07, 6.45) is -23.6. The molecule has 14 nitrogen and oxygen atoms in total. The quantitative estimate of drug-likeness (QED) is 0.0251. The van der Waals surface area contributed by atoms with E-state index in [2.05, 4.69) is 26.6 Å². The molecule has 9 rings (SSSR count). The van der Waals surface area contributed by atoms with Gasteiger partial charge in [0.05, 0.1) is 77.1 Å². The van der Waals surface area contributed by atoms with Crippen molar-refractivity contribution in [1.29, 1.82) is 0 Å². The van der Waals surface area contributed by atoms with Crippen molar-refractivity contribution in [2.75, 3.05) is 26.9 Å². The van der Waals surface area contributed by atoms with E-state index in [0.717, 1.165) is 0 Å². The van der Waals surface area contributed by atoms with Gasteiger partial charge in [0, 0.05) is 17.2 Å². The molecule has 0 spiro atoms. The van der Waals surface area contributed by atoms with Crippen molar-refractivity contribution in [3.8, 4) is 0 Å². The van der Waals surface area contributed by atoms with Crippen LogP contribution in [0.5, 0.6) is 0 Å². The monoisotopic (exact) mass is 1330 g/mol. The molecule has 0 aliphatic carbocycles. The Hall–Kier alpha value is -9.27. The summed E-state index contributed by atoms with van der Waals surface area (Å²) in [5, 5.41) is 14.1. The lowest BCUT2D eigenvalue weighted by Gasteiger charge is -2.43. The zero-order chi connectivity index (χ0) is 68.9. The molecule has 2 saturated heterocycles. The molecule has 2 aliphatic rings. The Morgan fingerprint density at radius 1 is 0.589 bits per heavy atom. The predicted molar refractivity (Wildman–Crippen MR) is 326 cm³/mol. The molecule has 95 heavy (non-hydrogen) atoms. The molecule has 0 saturated carbocycles. The van der Waals surface area contributed by atoms with Gasteiger partial charge in [-0.25, -0.2) is 14.4 Å². The predicted octanol–water partition coefficient (Wildman–Crippen LogP) is 14.3. The fourth-order valence-corrected chi connectivity index (χ4v) is 11.0. The number of carbonyl (C=O) groups excluding carboxylic acids is 4. The zero-order valence-electron chi connectivity index (χ0n) is 51.4. The van der Waals surface area contributed by atoms with Crippen LogP contribution in [-0.2, 0) is 70.9 Å². The number of nitrogens with zero attached hydrogens (tertiary/aromatic N) is 1. The van der Waals surface area contributed by atoms with E-state index in [1.165, 1.54) is 13.8 Å². The van der Waals surface area contributed by atoms with E-state index in [9.17, 15) is 71.9 Å². The number of amides is 4. The maximum Gasteiger partial charge on any atom is 0.416 e. The Balaban J connectivity index is 0.000000279. The van der Waals surface area contributed by atoms with Crippen LogP contribution in [-0.4, -0.2) is 80.7 Å². The van der Waals surface area contributed by atoms with Gasteiger partial charge in [-0.3, -0.25) is 9.79 Å². The number of hydrogen-bond acceptors (Lipinski definition) is 10. The third kappa shape index (κ3) is 18.6. The van der Waals surface area contributed by atoms with Crippen LogP contribution in [0.4, 0.5) is 62.3 Å². The minimum atomic E-state index is -5.09. The highest BCUT2D eigenvalue weighted by molar-refractivity contribution is 6.13. The van der Waals surface area contributed by atoms with E-state index in [1.54, 1.807) is 105 Å². The normalized spacial score (nSPS) is 18.3. The van der Waals surface area contributed by atoms with Gasteiger partial charge in [-0.2, -0.15) is 52.7 Å². The van der Waals surface area contributed by atoms with Gasteiger partial charge in [0.2, 0.25) is 5.91 Å². The summed E-state index contributed by atoms with van der Waals surface area (Å²) in [4.78, 5) is 57.5. The van der Waals surface area contributed by atoms with Gasteiger partial charge >= 0.3 is 42.8 Å². The average molecular weight is 1340 g/mol. The van der Waals surface area contributed by atoms with Crippen molar-refractivity contribution >= 4 is 29.7 Å². The summed E-state index contributed by atoms with van der Waals surface area (Å²) in [6, 6.07) is 42.6. The number of aliphatic imine (C=N–C) groups is 1. The van der Waals surface area contributed by atoms with Gasteiger partial charge in [0.1, 0.15) is 12.6 Å². The minimum absolute atomic E-state index is 0.0126.